The van der Waals surface area contributed by atoms with E-state index in [2.05, 4.69) is 4.98 Å². The van der Waals surface area contributed by atoms with Crippen molar-refractivity contribution in [3.63, 3.8) is 0 Å². The number of hydrogen-bond donors (Lipinski definition) is 0. The lowest BCUT2D eigenvalue weighted by atomic mass is 10.4. The molecule has 0 fully saturated rings. The van der Waals surface area contributed by atoms with Crippen LogP contribution in [0.15, 0.2) is 11.6 Å². The molecule has 0 saturated heterocycles. The van der Waals surface area contributed by atoms with Gasteiger partial charge in [-0.15, -0.1) is 11.3 Å². The highest BCUT2D eigenvalue weighted by molar-refractivity contribution is 7.15. The van der Waals surface area contributed by atoms with E-state index in [0.29, 0.717) is 11.2 Å². The number of carbonyl (C=O) groups excluding carboxylic acids is 1. The Kier molecular flexibility index (Phi) is 3.29. The molecule has 0 unspecified atom stereocenters. The van der Waals surface area contributed by atoms with Gasteiger partial charge in [0.15, 0.2) is 17.1 Å². The minimum absolute atomic E-state index is 0.0803. The Hall–Kier alpha value is -1.57. The first-order valence-corrected chi connectivity index (χ1v) is 6.06. The van der Waals surface area contributed by atoms with Crippen LogP contribution in [0.2, 0.25) is 0 Å². The van der Waals surface area contributed by atoms with E-state index in [9.17, 15) is 18.0 Å². The van der Waals surface area contributed by atoms with Gasteiger partial charge < -0.3 is 4.90 Å². The van der Waals surface area contributed by atoms with Crippen LogP contribution in [0.4, 0.5) is 19.0 Å². The first-order chi connectivity index (χ1) is 8.46. The number of carbonyl (C=O) groups is 1. The predicted octanol–water partition coefficient (Wildman–Crippen LogP) is 2.60. The van der Waals surface area contributed by atoms with E-state index in [1.165, 1.54) is 15.7 Å². The van der Waals surface area contributed by atoms with E-state index < -0.39 is 12.7 Å². The second-order valence-corrected chi connectivity index (χ2v) is 4.50. The minimum Gasteiger partial charge on any atom is -0.346 e. The van der Waals surface area contributed by atoms with E-state index in [1.807, 2.05) is 0 Å². The highest BCUT2D eigenvalue weighted by Crippen LogP contribution is 2.26. The molecule has 4 nitrogen and oxygen atoms in total. The van der Waals surface area contributed by atoms with Crippen molar-refractivity contribution in [3.8, 4) is 0 Å². The van der Waals surface area contributed by atoms with Crippen LogP contribution in [0.25, 0.3) is 4.96 Å². The quantitative estimate of drug-likeness (QED) is 0.806. The van der Waals surface area contributed by atoms with Gasteiger partial charge in [0.2, 0.25) is 0 Å². The molecule has 0 amide bonds. The van der Waals surface area contributed by atoms with Gasteiger partial charge in [-0.05, 0) is 6.92 Å². The van der Waals surface area contributed by atoms with Gasteiger partial charge in [0.1, 0.15) is 12.2 Å². The Labute approximate surface area is 105 Å². The molecule has 0 atom stereocenters. The van der Waals surface area contributed by atoms with Crippen molar-refractivity contribution >= 4 is 28.4 Å². The fourth-order valence-corrected chi connectivity index (χ4v) is 2.40. The van der Waals surface area contributed by atoms with Crippen LogP contribution in [-0.4, -0.2) is 34.9 Å². The SMILES string of the molecule is CCN(CC(F)(F)F)c1nc2sccn2c1C=O. The fourth-order valence-electron chi connectivity index (χ4n) is 1.69. The summed E-state index contributed by atoms with van der Waals surface area (Å²) in [4.78, 5) is 16.6. The molecule has 8 heteroatoms. The molecule has 0 saturated carbocycles. The van der Waals surface area contributed by atoms with Crippen LogP contribution in [0.3, 0.4) is 0 Å². The van der Waals surface area contributed by atoms with Crippen molar-refractivity contribution in [1.82, 2.24) is 9.38 Å². The lowest BCUT2D eigenvalue weighted by molar-refractivity contribution is -0.119. The molecule has 2 aromatic heterocycles. The Morgan fingerprint density at radius 2 is 2.28 bits per heavy atom. The summed E-state index contributed by atoms with van der Waals surface area (Å²) in [5.74, 6) is 0.0803. The second kappa shape index (κ2) is 4.60. The van der Waals surface area contributed by atoms with Gasteiger partial charge in [-0.3, -0.25) is 9.20 Å². The van der Waals surface area contributed by atoms with E-state index in [4.69, 9.17) is 0 Å². The smallest absolute Gasteiger partial charge is 0.346 e. The normalized spacial score (nSPS) is 12.0. The zero-order valence-corrected chi connectivity index (χ0v) is 10.3. The monoisotopic (exact) mass is 277 g/mol. The molecule has 98 valence electrons. The average Bonchev–Trinajstić information content (AvgIpc) is 2.83. The third kappa shape index (κ3) is 2.33. The van der Waals surface area contributed by atoms with E-state index in [1.54, 1.807) is 18.5 Å². The van der Waals surface area contributed by atoms with E-state index >= 15 is 0 Å². The largest absolute Gasteiger partial charge is 0.405 e. The number of aldehydes is 1. The maximum absolute atomic E-state index is 12.4. The summed E-state index contributed by atoms with van der Waals surface area (Å²) in [6, 6.07) is 0. The molecule has 0 aromatic carbocycles. The molecule has 0 aliphatic heterocycles. The molecule has 2 rings (SSSR count). The summed E-state index contributed by atoms with van der Waals surface area (Å²) >= 11 is 1.27. The zero-order chi connectivity index (χ0) is 13.3. The van der Waals surface area contributed by atoms with E-state index in [-0.39, 0.29) is 18.1 Å². The first kappa shape index (κ1) is 12.9. The summed E-state index contributed by atoms with van der Waals surface area (Å²) in [5, 5.41) is 1.72. The molecule has 0 N–H and O–H groups in total. The molecular weight excluding hydrogens is 267 g/mol. The standard InChI is InChI=1S/C10H10F3N3OS/c1-2-15(6-10(11,12)13)8-7(5-17)16-3-4-18-9(16)14-8/h3-5H,2,6H2,1H3. The van der Waals surface area contributed by atoms with Crippen LogP contribution in [-0.2, 0) is 0 Å². The van der Waals surface area contributed by atoms with E-state index in [0.717, 1.165) is 4.90 Å². The average molecular weight is 277 g/mol. The van der Waals surface area contributed by atoms with Gasteiger partial charge in [-0.2, -0.15) is 13.2 Å². The number of fused-ring (bicyclic) bond motifs is 1. The third-order valence-electron chi connectivity index (χ3n) is 2.44. The number of halogens is 3. The molecule has 0 radical (unpaired) electrons. The molecule has 0 bridgehead atoms. The molecule has 0 aliphatic rings. The molecule has 0 aliphatic carbocycles. The van der Waals surface area contributed by atoms with Crippen LogP contribution in [0, 0.1) is 0 Å². The minimum atomic E-state index is -4.33. The Morgan fingerprint density at radius 1 is 1.56 bits per heavy atom. The number of aromatic nitrogens is 2. The molecule has 0 spiro atoms. The third-order valence-corrected chi connectivity index (χ3v) is 3.20. The fraction of sp³-hybridized carbons (Fsp3) is 0.400. The van der Waals surface area contributed by atoms with Gasteiger partial charge in [0, 0.05) is 18.1 Å². The van der Waals surface area contributed by atoms with Crippen LogP contribution >= 0.6 is 11.3 Å². The van der Waals surface area contributed by atoms with Crippen molar-refractivity contribution < 1.29 is 18.0 Å². The van der Waals surface area contributed by atoms with Gasteiger partial charge in [0.05, 0.1) is 0 Å². The van der Waals surface area contributed by atoms with Crippen molar-refractivity contribution in [1.29, 1.82) is 0 Å². The Bertz CT molecular complexity index is 560. The van der Waals surface area contributed by atoms with Gasteiger partial charge in [-0.1, -0.05) is 0 Å². The summed E-state index contributed by atoms with van der Waals surface area (Å²) < 4.78 is 38.8. The molecule has 18 heavy (non-hydrogen) atoms. The highest BCUT2D eigenvalue weighted by Gasteiger charge is 2.32. The van der Waals surface area contributed by atoms with Gasteiger partial charge >= 0.3 is 6.18 Å². The first-order valence-electron chi connectivity index (χ1n) is 5.18. The highest BCUT2D eigenvalue weighted by atomic mass is 32.1. The lowest BCUT2D eigenvalue weighted by Gasteiger charge is -2.22. The molecule has 2 heterocycles. The number of imidazole rings is 1. The topological polar surface area (TPSA) is 37.6 Å². The van der Waals surface area contributed by atoms with Crippen molar-refractivity contribution in [3.05, 3.63) is 17.3 Å². The maximum Gasteiger partial charge on any atom is 0.405 e. The maximum atomic E-state index is 12.4. The summed E-state index contributed by atoms with van der Waals surface area (Å²) in [5.41, 5.74) is 0.150. The van der Waals surface area contributed by atoms with Gasteiger partial charge in [-0.25, -0.2) is 4.98 Å². The number of thiazole rings is 1. The molecule has 2 aromatic rings. The van der Waals surface area contributed by atoms with Crippen molar-refractivity contribution in [2.75, 3.05) is 18.0 Å². The number of hydrogen-bond acceptors (Lipinski definition) is 4. The number of rotatable bonds is 4. The number of nitrogens with zero attached hydrogens (tertiary/aromatic N) is 3. The summed E-state index contributed by atoms with van der Waals surface area (Å²) in [6.07, 6.45) is -2.18. The number of anilines is 1. The zero-order valence-electron chi connectivity index (χ0n) is 9.44. The lowest BCUT2D eigenvalue weighted by Crippen LogP contribution is -2.34. The molecular formula is C10H10F3N3OS. The Morgan fingerprint density at radius 3 is 2.83 bits per heavy atom. The summed E-state index contributed by atoms with van der Waals surface area (Å²) in [7, 11) is 0. The van der Waals surface area contributed by atoms with Crippen LogP contribution < -0.4 is 4.90 Å². The van der Waals surface area contributed by atoms with Gasteiger partial charge in [0.25, 0.3) is 0 Å². The van der Waals surface area contributed by atoms with Crippen LogP contribution in [0.1, 0.15) is 17.4 Å². The Balaban J connectivity index is 2.44. The van der Waals surface area contributed by atoms with Crippen molar-refractivity contribution in [2.45, 2.75) is 13.1 Å². The van der Waals surface area contributed by atoms with Crippen molar-refractivity contribution in [2.24, 2.45) is 0 Å². The van der Waals surface area contributed by atoms with Crippen LogP contribution in [0.5, 0.6) is 0 Å². The number of alkyl halides is 3. The predicted molar refractivity (Wildman–Crippen MR) is 62.4 cm³/mol. The second-order valence-electron chi connectivity index (χ2n) is 3.62. The summed E-state index contributed by atoms with van der Waals surface area (Å²) in [6.45, 7) is 0.605.